The molecule has 1 aliphatic carbocycles. The smallest absolute Gasteiger partial charge is 0.328 e. The highest BCUT2D eigenvalue weighted by atomic mass is 16.5. The average Bonchev–Trinajstić information content (AvgIpc) is 3.13. The first-order chi connectivity index (χ1) is 9.85. The third-order valence-electron chi connectivity index (χ3n) is 3.63. The van der Waals surface area contributed by atoms with Crippen molar-refractivity contribution in [1.82, 2.24) is 10.6 Å². The van der Waals surface area contributed by atoms with Crippen molar-refractivity contribution in [3.05, 3.63) is 0 Å². The zero-order valence-corrected chi connectivity index (χ0v) is 13.3. The summed E-state index contributed by atoms with van der Waals surface area (Å²) in [6.07, 6.45) is 1.62. The van der Waals surface area contributed by atoms with Gasteiger partial charge in [-0.25, -0.2) is 4.79 Å². The molecule has 6 nitrogen and oxygen atoms in total. The molecule has 120 valence electrons. The summed E-state index contributed by atoms with van der Waals surface area (Å²) in [5, 5.41) is 5.41. The molecule has 0 aromatic rings. The fraction of sp³-hybridized carbons (Fsp3) is 0.800. The summed E-state index contributed by atoms with van der Waals surface area (Å²) in [6, 6.07) is -0.623. The highest BCUT2D eigenvalue weighted by Crippen LogP contribution is 2.37. The zero-order valence-electron chi connectivity index (χ0n) is 13.3. The molecule has 0 radical (unpaired) electrons. The van der Waals surface area contributed by atoms with Gasteiger partial charge in [0.2, 0.25) is 11.8 Å². The number of methoxy groups -OCH3 is 1. The topological polar surface area (TPSA) is 84.5 Å². The first-order valence-corrected chi connectivity index (χ1v) is 7.50. The van der Waals surface area contributed by atoms with Crippen molar-refractivity contribution in [2.75, 3.05) is 13.7 Å². The van der Waals surface area contributed by atoms with Gasteiger partial charge in [-0.3, -0.25) is 9.59 Å². The minimum absolute atomic E-state index is 0.0157. The van der Waals surface area contributed by atoms with Crippen LogP contribution in [0, 0.1) is 17.8 Å². The van der Waals surface area contributed by atoms with Crippen LogP contribution in [-0.2, 0) is 19.1 Å². The molecular weight excluding hydrogens is 272 g/mol. The molecule has 0 spiro atoms. The molecule has 0 heterocycles. The summed E-state index contributed by atoms with van der Waals surface area (Å²) in [4.78, 5) is 35.0. The molecule has 1 saturated carbocycles. The van der Waals surface area contributed by atoms with Crippen LogP contribution >= 0.6 is 0 Å². The van der Waals surface area contributed by atoms with Crippen LogP contribution < -0.4 is 10.6 Å². The molecule has 0 saturated heterocycles. The fourth-order valence-corrected chi connectivity index (χ4v) is 2.21. The number of hydrogen-bond donors (Lipinski definition) is 2. The Hall–Kier alpha value is -1.59. The van der Waals surface area contributed by atoms with E-state index in [-0.39, 0.29) is 30.1 Å². The monoisotopic (exact) mass is 298 g/mol. The summed E-state index contributed by atoms with van der Waals surface area (Å²) in [5.41, 5.74) is 0. The molecule has 0 aromatic heterocycles. The largest absolute Gasteiger partial charge is 0.467 e. The Kier molecular flexibility index (Phi) is 6.65. The molecule has 1 fully saturated rings. The van der Waals surface area contributed by atoms with Crippen molar-refractivity contribution < 1.29 is 19.1 Å². The Morgan fingerprint density at radius 2 is 1.90 bits per heavy atom. The van der Waals surface area contributed by atoms with Crippen LogP contribution in [-0.4, -0.2) is 37.5 Å². The summed E-state index contributed by atoms with van der Waals surface area (Å²) in [5.74, 6) is 0.154. The zero-order chi connectivity index (χ0) is 16.0. The van der Waals surface area contributed by atoms with Crippen molar-refractivity contribution in [2.24, 2.45) is 17.8 Å². The summed E-state index contributed by atoms with van der Waals surface area (Å²) in [6.45, 7) is 6.27. The lowest BCUT2D eigenvalue weighted by Crippen LogP contribution is -2.43. The Bertz CT molecular complexity index is 395. The van der Waals surface area contributed by atoms with Crippen LogP contribution in [0.2, 0.25) is 0 Å². The number of nitrogens with one attached hydrogen (secondary N) is 2. The van der Waals surface area contributed by atoms with Crippen LogP contribution in [0.5, 0.6) is 0 Å². The second-order valence-electron chi connectivity index (χ2n) is 6.13. The van der Waals surface area contributed by atoms with Gasteiger partial charge in [0.1, 0.15) is 6.04 Å². The van der Waals surface area contributed by atoms with E-state index in [2.05, 4.69) is 15.4 Å². The Morgan fingerprint density at radius 1 is 1.29 bits per heavy atom. The van der Waals surface area contributed by atoms with E-state index in [0.29, 0.717) is 18.9 Å². The van der Waals surface area contributed by atoms with E-state index in [9.17, 15) is 14.4 Å². The van der Waals surface area contributed by atoms with Gasteiger partial charge in [-0.1, -0.05) is 20.8 Å². The van der Waals surface area contributed by atoms with E-state index in [1.165, 1.54) is 7.11 Å². The average molecular weight is 298 g/mol. The second kappa shape index (κ2) is 8.00. The number of carbonyl (C=O) groups excluding carboxylic acids is 3. The molecule has 1 aliphatic rings. The number of rotatable bonds is 8. The van der Waals surface area contributed by atoms with Crippen LogP contribution in [0.4, 0.5) is 0 Å². The van der Waals surface area contributed by atoms with E-state index in [1.54, 1.807) is 0 Å². The molecule has 2 amide bonds. The number of hydrogen-bond acceptors (Lipinski definition) is 4. The first-order valence-electron chi connectivity index (χ1n) is 7.50. The molecule has 6 heteroatoms. The van der Waals surface area contributed by atoms with Gasteiger partial charge in [-0.05, 0) is 24.7 Å². The summed E-state index contributed by atoms with van der Waals surface area (Å²) >= 11 is 0. The van der Waals surface area contributed by atoms with E-state index in [1.807, 2.05) is 20.8 Å². The van der Waals surface area contributed by atoms with Crippen LogP contribution in [0.15, 0.2) is 0 Å². The number of ether oxygens (including phenoxy) is 1. The Balaban J connectivity index is 2.29. The number of esters is 1. The van der Waals surface area contributed by atoms with Gasteiger partial charge in [0, 0.05) is 18.9 Å². The van der Waals surface area contributed by atoms with Gasteiger partial charge in [0.15, 0.2) is 0 Å². The third-order valence-corrected chi connectivity index (χ3v) is 3.63. The summed E-state index contributed by atoms with van der Waals surface area (Å²) < 4.78 is 4.68. The summed E-state index contributed by atoms with van der Waals surface area (Å²) in [7, 11) is 1.30. The quantitative estimate of drug-likeness (QED) is 0.651. The highest BCUT2D eigenvalue weighted by molar-refractivity contribution is 5.85. The van der Waals surface area contributed by atoms with Gasteiger partial charge < -0.3 is 15.4 Å². The van der Waals surface area contributed by atoms with Gasteiger partial charge in [-0.2, -0.15) is 0 Å². The number of amides is 2. The van der Waals surface area contributed by atoms with Crippen LogP contribution in [0.3, 0.4) is 0 Å². The van der Waals surface area contributed by atoms with E-state index in [0.717, 1.165) is 6.42 Å². The maximum Gasteiger partial charge on any atom is 0.328 e. The van der Waals surface area contributed by atoms with Crippen molar-refractivity contribution in [1.29, 1.82) is 0 Å². The predicted octanol–water partition coefficient (Wildman–Crippen LogP) is 0.853. The lowest BCUT2D eigenvalue weighted by Gasteiger charge is -2.18. The Labute approximate surface area is 126 Å². The van der Waals surface area contributed by atoms with Crippen molar-refractivity contribution in [3.63, 3.8) is 0 Å². The second-order valence-corrected chi connectivity index (χ2v) is 6.13. The molecule has 0 aromatic carbocycles. The fourth-order valence-electron chi connectivity index (χ4n) is 2.21. The molecule has 0 aliphatic heterocycles. The van der Waals surface area contributed by atoms with Gasteiger partial charge >= 0.3 is 5.97 Å². The molecule has 3 unspecified atom stereocenters. The molecule has 0 bridgehead atoms. The van der Waals surface area contributed by atoms with Gasteiger partial charge in [0.05, 0.1) is 7.11 Å². The van der Waals surface area contributed by atoms with E-state index < -0.39 is 12.0 Å². The Morgan fingerprint density at radius 3 is 2.38 bits per heavy atom. The van der Waals surface area contributed by atoms with E-state index >= 15 is 0 Å². The maximum absolute atomic E-state index is 11.8. The maximum atomic E-state index is 11.8. The first kappa shape index (κ1) is 17.5. The normalized spacial score (nSPS) is 21.6. The molecule has 2 N–H and O–H groups in total. The van der Waals surface area contributed by atoms with Crippen LogP contribution in [0.1, 0.15) is 40.0 Å². The van der Waals surface area contributed by atoms with Crippen molar-refractivity contribution in [3.8, 4) is 0 Å². The molecule has 1 rings (SSSR count). The molecule has 3 atom stereocenters. The third kappa shape index (κ3) is 6.14. The lowest BCUT2D eigenvalue weighted by atomic mass is 10.0. The predicted molar refractivity (Wildman–Crippen MR) is 78.3 cm³/mol. The SMILES string of the molecule is COC(=O)C(CC(C)C)NC(=O)CCNC(=O)C1CC1C. The lowest BCUT2D eigenvalue weighted by molar-refractivity contribution is -0.145. The minimum Gasteiger partial charge on any atom is -0.467 e. The van der Waals surface area contributed by atoms with E-state index in [4.69, 9.17) is 0 Å². The standard InChI is InChI=1S/C15H26N2O4/c1-9(2)7-12(15(20)21-4)17-13(18)5-6-16-14(19)11-8-10(11)3/h9-12H,5-8H2,1-4H3,(H,16,19)(H,17,18). The van der Waals surface area contributed by atoms with Gasteiger partial charge in [0.25, 0.3) is 0 Å². The van der Waals surface area contributed by atoms with Crippen LogP contribution in [0.25, 0.3) is 0 Å². The number of carbonyl (C=O) groups is 3. The van der Waals surface area contributed by atoms with Gasteiger partial charge in [-0.15, -0.1) is 0 Å². The van der Waals surface area contributed by atoms with Crippen molar-refractivity contribution in [2.45, 2.75) is 46.1 Å². The molecular formula is C15H26N2O4. The van der Waals surface area contributed by atoms with Crippen molar-refractivity contribution >= 4 is 17.8 Å². The highest BCUT2D eigenvalue weighted by Gasteiger charge is 2.38. The minimum atomic E-state index is -0.623. The molecule has 21 heavy (non-hydrogen) atoms.